The number of esters is 2. The highest BCUT2D eigenvalue weighted by Gasteiger charge is 2.17. The van der Waals surface area contributed by atoms with Gasteiger partial charge in [-0.25, -0.2) is 0 Å². The lowest BCUT2D eigenvalue weighted by Crippen LogP contribution is -2.30. The van der Waals surface area contributed by atoms with Gasteiger partial charge >= 0.3 is 11.9 Å². The summed E-state index contributed by atoms with van der Waals surface area (Å²) in [5, 5.41) is 0. The molecule has 5 heteroatoms. The van der Waals surface area contributed by atoms with E-state index in [1.54, 1.807) is 0 Å². The van der Waals surface area contributed by atoms with Crippen molar-refractivity contribution in [3.8, 4) is 0 Å². The van der Waals surface area contributed by atoms with Gasteiger partial charge in [0.15, 0.2) is 6.10 Å². The fourth-order valence-corrected chi connectivity index (χ4v) is 7.14. The molecule has 0 spiro atoms. The molecule has 0 N–H and O–H groups in total. The van der Waals surface area contributed by atoms with Crippen LogP contribution in [0.2, 0.25) is 0 Å². The van der Waals surface area contributed by atoms with Crippen LogP contribution in [0.3, 0.4) is 0 Å². The molecule has 0 aliphatic carbocycles. The van der Waals surface area contributed by atoms with E-state index in [0.717, 1.165) is 89.9 Å². The summed E-state index contributed by atoms with van der Waals surface area (Å²) < 4.78 is 17.3. The van der Waals surface area contributed by atoms with E-state index in [2.05, 4.69) is 118 Å². The summed E-state index contributed by atoms with van der Waals surface area (Å²) in [5.41, 5.74) is 0. The second kappa shape index (κ2) is 54.2. The van der Waals surface area contributed by atoms with Crippen molar-refractivity contribution < 1.29 is 23.8 Å². The number of allylic oxidation sites excluding steroid dienone is 16. The molecule has 0 fully saturated rings. The van der Waals surface area contributed by atoms with Crippen molar-refractivity contribution in [3.05, 3.63) is 97.2 Å². The molecule has 0 unspecified atom stereocenters. The van der Waals surface area contributed by atoms with E-state index in [9.17, 15) is 9.59 Å². The van der Waals surface area contributed by atoms with E-state index in [0.29, 0.717) is 19.4 Å². The van der Waals surface area contributed by atoms with Crippen molar-refractivity contribution in [3.63, 3.8) is 0 Å². The molecule has 0 saturated heterocycles. The summed E-state index contributed by atoms with van der Waals surface area (Å²) in [7, 11) is 0. The van der Waals surface area contributed by atoms with Gasteiger partial charge in [-0.3, -0.25) is 9.59 Å². The minimum Gasteiger partial charge on any atom is -0.462 e. The molecule has 0 aromatic rings. The monoisotopic (exact) mass is 889 g/mol. The molecule has 366 valence electrons. The third-order valence-electron chi connectivity index (χ3n) is 11.1. The van der Waals surface area contributed by atoms with E-state index in [-0.39, 0.29) is 25.2 Å². The SMILES string of the molecule is CC/C=C\C/C=C\C/C=C\C/C=C\C/C=C\CCCC(=O)O[C@H](COCCCCCCCCCCCCCCCCCC)COC(=O)CCCC/C=C\C/C=C\C/C=C\CCCCC. The Morgan fingerprint density at radius 1 is 0.359 bits per heavy atom. The number of rotatable bonds is 48. The first-order valence-electron chi connectivity index (χ1n) is 26.8. The maximum Gasteiger partial charge on any atom is 0.306 e. The second-order valence-corrected chi connectivity index (χ2v) is 17.4. The molecular formula is C59H100O5. The Hall–Kier alpha value is -3.18. The zero-order valence-corrected chi connectivity index (χ0v) is 42.0. The zero-order chi connectivity index (χ0) is 46.3. The topological polar surface area (TPSA) is 61.8 Å². The summed E-state index contributed by atoms with van der Waals surface area (Å²) in [6, 6.07) is 0. The van der Waals surface area contributed by atoms with Gasteiger partial charge in [-0.1, -0.05) is 227 Å². The highest BCUT2D eigenvalue weighted by molar-refractivity contribution is 5.70. The number of carbonyl (C=O) groups is 2. The van der Waals surface area contributed by atoms with Crippen LogP contribution in [0.5, 0.6) is 0 Å². The van der Waals surface area contributed by atoms with Gasteiger partial charge in [-0.05, 0) is 96.3 Å². The van der Waals surface area contributed by atoms with Gasteiger partial charge in [0, 0.05) is 19.4 Å². The van der Waals surface area contributed by atoms with E-state index < -0.39 is 6.10 Å². The Bertz CT molecular complexity index is 1230. The maximum atomic E-state index is 12.8. The number of hydrogen-bond acceptors (Lipinski definition) is 5. The van der Waals surface area contributed by atoms with Crippen molar-refractivity contribution in [1.82, 2.24) is 0 Å². The first-order valence-corrected chi connectivity index (χ1v) is 26.8. The minimum absolute atomic E-state index is 0.0401. The van der Waals surface area contributed by atoms with Gasteiger partial charge in [0.1, 0.15) is 6.61 Å². The summed E-state index contributed by atoms with van der Waals surface area (Å²) in [6.07, 6.45) is 72.8. The summed E-state index contributed by atoms with van der Waals surface area (Å²) in [6.45, 7) is 7.60. The molecule has 1 atom stereocenters. The fraction of sp³-hybridized carbons (Fsp3) is 0.695. The van der Waals surface area contributed by atoms with Crippen LogP contribution in [0.15, 0.2) is 97.2 Å². The molecule has 0 aliphatic rings. The van der Waals surface area contributed by atoms with Gasteiger partial charge < -0.3 is 14.2 Å². The van der Waals surface area contributed by atoms with Crippen LogP contribution in [0.25, 0.3) is 0 Å². The van der Waals surface area contributed by atoms with Crippen molar-refractivity contribution >= 4 is 11.9 Å². The second-order valence-electron chi connectivity index (χ2n) is 17.4. The maximum absolute atomic E-state index is 12.8. The van der Waals surface area contributed by atoms with E-state index in [1.807, 2.05) is 0 Å². The molecule has 0 amide bonds. The van der Waals surface area contributed by atoms with E-state index in [4.69, 9.17) is 14.2 Å². The van der Waals surface area contributed by atoms with Gasteiger partial charge in [0.05, 0.1) is 6.61 Å². The number of hydrogen-bond donors (Lipinski definition) is 0. The van der Waals surface area contributed by atoms with Crippen LogP contribution in [0, 0.1) is 0 Å². The number of carbonyl (C=O) groups excluding carboxylic acids is 2. The molecule has 64 heavy (non-hydrogen) atoms. The molecule has 0 heterocycles. The normalized spacial score (nSPS) is 13.0. The average Bonchev–Trinajstić information content (AvgIpc) is 3.30. The molecule has 0 aromatic heterocycles. The Balaban J connectivity index is 4.43. The highest BCUT2D eigenvalue weighted by Crippen LogP contribution is 2.14. The Labute approximate surface area is 396 Å². The molecule has 0 saturated carbocycles. The largest absolute Gasteiger partial charge is 0.462 e. The third kappa shape index (κ3) is 51.5. The van der Waals surface area contributed by atoms with Crippen molar-refractivity contribution in [2.24, 2.45) is 0 Å². The number of ether oxygens (including phenoxy) is 3. The van der Waals surface area contributed by atoms with Crippen molar-refractivity contribution in [1.29, 1.82) is 0 Å². The van der Waals surface area contributed by atoms with Crippen LogP contribution in [0.4, 0.5) is 0 Å². The lowest BCUT2D eigenvalue weighted by atomic mass is 10.0. The molecule has 0 rings (SSSR count). The quantitative estimate of drug-likeness (QED) is 0.0346. The lowest BCUT2D eigenvalue weighted by molar-refractivity contribution is -0.162. The molecule has 0 aliphatic heterocycles. The predicted octanol–water partition coefficient (Wildman–Crippen LogP) is 18.2. The third-order valence-corrected chi connectivity index (χ3v) is 11.1. The molecule has 5 nitrogen and oxygen atoms in total. The van der Waals surface area contributed by atoms with Crippen LogP contribution in [-0.4, -0.2) is 37.9 Å². The molecule has 0 aromatic carbocycles. The first-order chi connectivity index (χ1) is 31.6. The predicted molar refractivity (Wildman–Crippen MR) is 279 cm³/mol. The Morgan fingerprint density at radius 2 is 0.719 bits per heavy atom. The molecule has 0 bridgehead atoms. The number of unbranched alkanes of at least 4 members (excludes halogenated alkanes) is 21. The Morgan fingerprint density at radius 3 is 1.17 bits per heavy atom. The minimum atomic E-state index is -0.584. The van der Waals surface area contributed by atoms with E-state index >= 15 is 0 Å². The van der Waals surface area contributed by atoms with Crippen LogP contribution in [0.1, 0.15) is 239 Å². The van der Waals surface area contributed by atoms with Gasteiger partial charge in [0.25, 0.3) is 0 Å². The van der Waals surface area contributed by atoms with Crippen molar-refractivity contribution in [2.75, 3.05) is 19.8 Å². The van der Waals surface area contributed by atoms with Gasteiger partial charge in [-0.15, -0.1) is 0 Å². The van der Waals surface area contributed by atoms with Crippen LogP contribution in [-0.2, 0) is 23.8 Å². The smallest absolute Gasteiger partial charge is 0.306 e. The molecule has 0 radical (unpaired) electrons. The standard InChI is InChI=1S/C59H100O5/c1-4-7-10-13-16-19-22-25-28-30-32-35-38-41-44-47-50-53-59(61)64-57(55-62-54-51-48-45-42-39-36-33-29-26-23-20-17-14-11-8-5-2)56-63-58(60)52-49-46-43-40-37-34-31-27-24-21-18-15-12-9-6-3/h7,10,16,18-19,21,25,27-28,31-32,35,37,40-41,44,57H,4-6,8-9,11-15,17,20,22-24,26,29-30,33-34,36,38-39,42-43,45-56H2,1-3H3/b10-7-,19-16-,21-18-,28-25-,31-27-,35-32-,40-37-,44-41-/t57-/m1/s1. The van der Waals surface area contributed by atoms with Crippen LogP contribution >= 0.6 is 0 Å². The Kier molecular flexibility index (Phi) is 51.5. The lowest BCUT2D eigenvalue weighted by Gasteiger charge is -2.18. The molecular weight excluding hydrogens is 789 g/mol. The van der Waals surface area contributed by atoms with Gasteiger partial charge in [-0.2, -0.15) is 0 Å². The summed E-state index contributed by atoms with van der Waals surface area (Å²) in [4.78, 5) is 25.4. The fourth-order valence-electron chi connectivity index (χ4n) is 7.14. The average molecular weight is 889 g/mol. The van der Waals surface area contributed by atoms with Gasteiger partial charge in [0.2, 0.25) is 0 Å². The summed E-state index contributed by atoms with van der Waals surface area (Å²) in [5.74, 6) is -0.508. The zero-order valence-electron chi connectivity index (χ0n) is 42.0. The van der Waals surface area contributed by atoms with Crippen LogP contribution < -0.4 is 0 Å². The summed E-state index contributed by atoms with van der Waals surface area (Å²) >= 11 is 0. The highest BCUT2D eigenvalue weighted by atomic mass is 16.6. The van der Waals surface area contributed by atoms with Crippen molar-refractivity contribution in [2.45, 2.75) is 245 Å². The van der Waals surface area contributed by atoms with E-state index in [1.165, 1.54) is 116 Å². The first kappa shape index (κ1) is 60.8.